The van der Waals surface area contributed by atoms with E-state index in [9.17, 15) is 18.4 Å². The first-order chi connectivity index (χ1) is 8.93. The summed E-state index contributed by atoms with van der Waals surface area (Å²) < 4.78 is 40.8. The van der Waals surface area contributed by atoms with Crippen molar-refractivity contribution in [3.8, 4) is 6.07 Å². The number of nitriles is 1. The fourth-order valence-electron chi connectivity index (χ4n) is 2.72. The fraction of sp³-hybridized carbons (Fsp3) is 0.923. The Morgan fingerprint density at radius 2 is 2.16 bits per heavy atom. The Morgan fingerprint density at radius 3 is 2.74 bits per heavy atom. The lowest BCUT2D eigenvalue weighted by atomic mass is 9.86. The SMILES string of the molecule is CCNC1(C#N)CCCC1CCOCCC(F)(F)F. The molecule has 3 nitrogen and oxygen atoms in total. The van der Waals surface area contributed by atoms with E-state index >= 15 is 0 Å². The Kier molecular flexibility index (Phi) is 6.08. The number of hydrogen-bond donors (Lipinski definition) is 1. The molecular formula is C13H21F3N2O. The Morgan fingerprint density at radius 1 is 1.42 bits per heavy atom. The number of hydrogen-bond acceptors (Lipinski definition) is 3. The van der Waals surface area contributed by atoms with Crippen LogP contribution in [-0.4, -0.2) is 31.5 Å². The van der Waals surface area contributed by atoms with Gasteiger partial charge in [0, 0.05) is 6.61 Å². The molecule has 1 N–H and O–H groups in total. The van der Waals surface area contributed by atoms with Crippen LogP contribution in [0.3, 0.4) is 0 Å². The highest BCUT2D eigenvalue weighted by Gasteiger charge is 2.42. The van der Waals surface area contributed by atoms with Crippen molar-refractivity contribution in [1.29, 1.82) is 5.26 Å². The second kappa shape index (κ2) is 7.11. The molecule has 0 aromatic rings. The molecule has 0 bridgehead atoms. The zero-order chi connectivity index (χ0) is 14.4. The van der Waals surface area contributed by atoms with Crippen LogP contribution in [0.4, 0.5) is 13.2 Å². The average molecular weight is 278 g/mol. The standard InChI is InChI=1S/C13H21F3N2O/c1-2-18-12(10-17)6-3-4-11(12)5-8-19-9-7-13(14,15)16/h11,18H,2-9H2,1H3. The summed E-state index contributed by atoms with van der Waals surface area (Å²) in [5, 5.41) is 12.6. The number of nitrogens with one attached hydrogen (secondary N) is 1. The maximum atomic E-state index is 11.9. The summed E-state index contributed by atoms with van der Waals surface area (Å²) in [5.41, 5.74) is -0.512. The molecule has 0 aliphatic heterocycles. The molecule has 19 heavy (non-hydrogen) atoms. The molecule has 0 saturated heterocycles. The van der Waals surface area contributed by atoms with Gasteiger partial charge in [-0.25, -0.2) is 0 Å². The number of nitrogens with zero attached hydrogens (tertiary/aromatic N) is 1. The zero-order valence-electron chi connectivity index (χ0n) is 11.2. The molecule has 1 rings (SSSR count). The quantitative estimate of drug-likeness (QED) is 0.728. The smallest absolute Gasteiger partial charge is 0.381 e. The second-order valence-electron chi connectivity index (χ2n) is 4.97. The van der Waals surface area contributed by atoms with Gasteiger partial charge in [-0.1, -0.05) is 13.3 Å². The molecule has 0 aromatic heterocycles. The average Bonchev–Trinajstić information content (AvgIpc) is 2.71. The molecule has 1 aliphatic rings. The molecule has 6 heteroatoms. The van der Waals surface area contributed by atoms with E-state index in [1.807, 2.05) is 6.92 Å². The lowest BCUT2D eigenvalue weighted by Gasteiger charge is -2.29. The van der Waals surface area contributed by atoms with Gasteiger partial charge >= 0.3 is 6.18 Å². The summed E-state index contributed by atoms with van der Waals surface area (Å²) in [5.74, 6) is 0.170. The van der Waals surface area contributed by atoms with Gasteiger partial charge in [-0.05, 0) is 31.7 Å². The van der Waals surface area contributed by atoms with Crippen LogP contribution < -0.4 is 5.32 Å². The van der Waals surface area contributed by atoms with Crippen LogP contribution in [0.15, 0.2) is 0 Å². The largest absolute Gasteiger partial charge is 0.391 e. The van der Waals surface area contributed by atoms with Crippen molar-refractivity contribution in [1.82, 2.24) is 5.32 Å². The third-order valence-corrected chi connectivity index (χ3v) is 3.65. The first-order valence-corrected chi connectivity index (χ1v) is 6.74. The zero-order valence-corrected chi connectivity index (χ0v) is 11.2. The molecular weight excluding hydrogens is 257 g/mol. The summed E-state index contributed by atoms with van der Waals surface area (Å²) in [6.07, 6.45) is -1.71. The van der Waals surface area contributed by atoms with Gasteiger partial charge in [0.25, 0.3) is 0 Å². The van der Waals surface area contributed by atoms with Crippen molar-refractivity contribution in [2.24, 2.45) is 5.92 Å². The Balaban J connectivity index is 2.30. The third-order valence-electron chi connectivity index (χ3n) is 3.65. The lowest BCUT2D eigenvalue weighted by Crippen LogP contribution is -2.47. The molecule has 2 unspecified atom stereocenters. The highest BCUT2D eigenvalue weighted by Crippen LogP contribution is 2.37. The van der Waals surface area contributed by atoms with Gasteiger partial charge in [0.2, 0.25) is 0 Å². The monoisotopic (exact) mass is 278 g/mol. The lowest BCUT2D eigenvalue weighted by molar-refractivity contribution is -0.145. The van der Waals surface area contributed by atoms with Gasteiger partial charge in [-0.15, -0.1) is 0 Å². The van der Waals surface area contributed by atoms with E-state index < -0.39 is 18.1 Å². The molecule has 0 aromatic carbocycles. The third kappa shape index (κ3) is 5.00. The van der Waals surface area contributed by atoms with E-state index in [0.717, 1.165) is 25.8 Å². The van der Waals surface area contributed by atoms with Gasteiger partial charge in [0.1, 0.15) is 5.54 Å². The molecule has 2 atom stereocenters. The maximum absolute atomic E-state index is 11.9. The van der Waals surface area contributed by atoms with Crippen LogP contribution >= 0.6 is 0 Å². The van der Waals surface area contributed by atoms with Gasteiger partial charge in [-0.3, -0.25) is 5.32 Å². The minimum absolute atomic E-state index is 0.170. The fourth-order valence-corrected chi connectivity index (χ4v) is 2.72. The van der Waals surface area contributed by atoms with E-state index in [0.29, 0.717) is 6.42 Å². The van der Waals surface area contributed by atoms with Crippen LogP contribution in [0.1, 0.15) is 39.0 Å². The van der Waals surface area contributed by atoms with Crippen molar-refractivity contribution >= 4 is 0 Å². The van der Waals surface area contributed by atoms with Crippen LogP contribution in [0.25, 0.3) is 0 Å². The molecule has 0 radical (unpaired) electrons. The summed E-state index contributed by atoms with van der Waals surface area (Å²) in [7, 11) is 0. The Hall–Kier alpha value is -0.800. The van der Waals surface area contributed by atoms with Crippen molar-refractivity contribution in [3.05, 3.63) is 0 Å². The van der Waals surface area contributed by atoms with Crippen molar-refractivity contribution < 1.29 is 17.9 Å². The molecule has 1 saturated carbocycles. The minimum Gasteiger partial charge on any atom is -0.381 e. The van der Waals surface area contributed by atoms with Gasteiger partial charge in [-0.2, -0.15) is 18.4 Å². The number of halogens is 3. The normalized spacial score (nSPS) is 27.4. The van der Waals surface area contributed by atoms with Gasteiger partial charge in [0.05, 0.1) is 19.1 Å². The molecule has 110 valence electrons. The van der Waals surface area contributed by atoms with Crippen molar-refractivity contribution in [2.45, 2.75) is 50.7 Å². The topological polar surface area (TPSA) is 45.0 Å². The molecule has 1 fully saturated rings. The summed E-state index contributed by atoms with van der Waals surface area (Å²) in [4.78, 5) is 0. The van der Waals surface area contributed by atoms with Gasteiger partial charge in [0.15, 0.2) is 0 Å². The van der Waals surface area contributed by atoms with Crippen LogP contribution in [-0.2, 0) is 4.74 Å². The maximum Gasteiger partial charge on any atom is 0.391 e. The van der Waals surface area contributed by atoms with Crippen LogP contribution in [0.2, 0.25) is 0 Å². The summed E-state index contributed by atoms with van der Waals surface area (Å²) in [6, 6.07) is 2.35. The second-order valence-corrected chi connectivity index (χ2v) is 4.97. The van der Waals surface area contributed by atoms with E-state index in [2.05, 4.69) is 11.4 Å². The van der Waals surface area contributed by atoms with Crippen LogP contribution in [0, 0.1) is 17.2 Å². The first-order valence-electron chi connectivity index (χ1n) is 6.74. The van der Waals surface area contributed by atoms with Gasteiger partial charge < -0.3 is 4.74 Å². The van der Waals surface area contributed by atoms with Crippen molar-refractivity contribution in [2.75, 3.05) is 19.8 Å². The van der Waals surface area contributed by atoms with Crippen LogP contribution in [0.5, 0.6) is 0 Å². The highest BCUT2D eigenvalue weighted by molar-refractivity contribution is 5.13. The number of alkyl halides is 3. The Labute approximate surface area is 112 Å². The minimum atomic E-state index is -4.16. The summed E-state index contributed by atoms with van der Waals surface area (Å²) >= 11 is 0. The van der Waals surface area contributed by atoms with E-state index in [1.165, 1.54) is 0 Å². The van der Waals surface area contributed by atoms with Crippen molar-refractivity contribution in [3.63, 3.8) is 0 Å². The Bertz CT molecular complexity index is 314. The molecule has 1 aliphatic carbocycles. The predicted octanol–water partition coefficient (Wildman–Crippen LogP) is 3.02. The molecule has 0 spiro atoms. The number of ether oxygens (including phenoxy) is 1. The molecule has 0 amide bonds. The van der Waals surface area contributed by atoms with E-state index in [-0.39, 0.29) is 19.1 Å². The highest BCUT2D eigenvalue weighted by atomic mass is 19.4. The first kappa shape index (κ1) is 16.3. The predicted molar refractivity (Wildman–Crippen MR) is 65.5 cm³/mol. The summed E-state index contributed by atoms with van der Waals surface area (Å²) in [6.45, 7) is 2.67. The molecule has 0 heterocycles. The van der Waals surface area contributed by atoms with E-state index in [1.54, 1.807) is 0 Å². The number of rotatable bonds is 7. The van der Waals surface area contributed by atoms with E-state index in [4.69, 9.17) is 4.74 Å².